The Balaban J connectivity index is 0.754. The number of alkyl halides is 2. The Bertz CT molecular complexity index is 2860. The topological polar surface area (TPSA) is 166 Å². The number of hydrogen-bond donors (Lipinski definition) is 2. The van der Waals surface area contributed by atoms with Gasteiger partial charge in [0.1, 0.15) is 17.4 Å². The quantitative estimate of drug-likeness (QED) is 0.160. The smallest absolute Gasteiger partial charge is 0.329 e. The number of amides is 3. The molecule has 0 radical (unpaired) electrons. The summed E-state index contributed by atoms with van der Waals surface area (Å²) in [6.07, 6.45) is 5.19. The zero-order valence-electron chi connectivity index (χ0n) is 33.8. The van der Waals surface area contributed by atoms with Crippen molar-refractivity contribution < 1.29 is 27.9 Å². The number of carbonyl (C=O) groups is 3. The van der Waals surface area contributed by atoms with Gasteiger partial charge in [0.2, 0.25) is 11.8 Å². The van der Waals surface area contributed by atoms with E-state index in [0.29, 0.717) is 48.1 Å². The third-order valence-corrected chi connectivity index (χ3v) is 12.5. The first-order valence-electron chi connectivity index (χ1n) is 20.8. The molecule has 0 aliphatic carbocycles. The zero-order chi connectivity index (χ0) is 42.6. The number of aromatic nitrogens is 7. The predicted octanol–water partition coefficient (Wildman–Crippen LogP) is 4.16. The normalized spacial score (nSPS) is 20.6. The molecule has 62 heavy (non-hydrogen) atoms. The number of hydrogen-bond acceptors (Lipinski definition) is 10. The molecule has 8 heterocycles. The lowest BCUT2D eigenvalue weighted by molar-refractivity contribution is -0.135. The van der Waals surface area contributed by atoms with Crippen LogP contribution in [0.1, 0.15) is 83.4 Å². The monoisotopic (exact) mass is 843 g/mol. The second-order valence-corrected chi connectivity index (χ2v) is 16.4. The number of carbonyl (C=O) groups excluding carboxylic acids is 3. The third kappa shape index (κ3) is 7.30. The van der Waals surface area contributed by atoms with Crippen LogP contribution in [0.3, 0.4) is 0 Å². The third-order valence-electron chi connectivity index (χ3n) is 12.5. The van der Waals surface area contributed by atoms with Crippen LogP contribution in [0.25, 0.3) is 16.7 Å². The van der Waals surface area contributed by atoms with Crippen LogP contribution in [0, 0.1) is 11.8 Å². The molecular weight excluding hydrogens is 801 g/mol. The molecule has 3 amide bonds. The Kier molecular flexibility index (Phi) is 10.1. The number of rotatable bonds is 9. The van der Waals surface area contributed by atoms with Gasteiger partial charge in [-0.1, -0.05) is 42.2 Å². The molecular formula is C44H43F2N11O5. The Morgan fingerprint density at radius 3 is 2.58 bits per heavy atom. The van der Waals surface area contributed by atoms with Crippen molar-refractivity contribution in [1.29, 1.82) is 0 Å². The number of anilines is 2. The molecule has 18 heteroatoms. The van der Waals surface area contributed by atoms with Crippen molar-refractivity contribution in [3.8, 4) is 11.8 Å². The molecule has 10 rings (SSSR count). The van der Waals surface area contributed by atoms with Crippen LogP contribution in [0.2, 0.25) is 0 Å². The molecule has 0 spiro atoms. The number of imide groups is 1. The molecule has 2 unspecified atom stereocenters. The van der Waals surface area contributed by atoms with Crippen LogP contribution in [0.15, 0.2) is 71.9 Å². The molecule has 0 saturated carbocycles. The van der Waals surface area contributed by atoms with Gasteiger partial charge in [-0.05, 0) is 55.0 Å². The Morgan fingerprint density at radius 1 is 1.03 bits per heavy atom. The minimum absolute atomic E-state index is 0.0340. The molecule has 2 aromatic carbocycles. The minimum atomic E-state index is -2.88. The number of nitrogens with zero attached hydrogens (tertiary/aromatic N) is 9. The van der Waals surface area contributed by atoms with Crippen LogP contribution in [0.5, 0.6) is 0 Å². The van der Waals surface area contributed by atoms with Gasteiger partial charge in [-0.15, -0.1) is 0 Å². The van der Waals surface area contributed by atoms with E-state index in [4.69, 9.17) is 9.72 Å². The van der Waals surface area contributed by atoms with Gasteiger partial charge in [0.25, 0.3) is 12.3 Å². The summed E-state index contributed by atoms with van der Waals surface area (Å²) in [6.45, 7) is 3.57. The highest BCUT2D eigenvalue weighted by molar-refractivity contribution is 6.08. The number of nitrogens with one attached hydrogen (secondary N) is 2. The number of halogens is 2. The highest BCUT2D eigenvalue weighted by Crippen LogP contribution is 2.33. The number of para-hydroxylation sites is 1. The van der Waals surface area contributed by atoms with Gasteiger partial charge in [0, 0.05) is 58.5 Å². The summed E-state index contributed by atoms with van der Waals surface area (Å²) >= 11 is 0. The molecule has 4 fully saturated rings. The second kappa shape index (κ2) is 16.0. The van der Waals surface area contributed by atoms with Gasteiger partial charge in [0.15, 0.2) is 11.3 Å². The molecule has 6 aromatic rings. The highest BCUT2D eigenvalue weighted by Gasteiger charge is 2.40. The van der Waals surface area contributed by atoms with Crippen LogP contribution in [0.4, 0.5) is 20.3 Å². The van der Waals surface area contributed by atoms with E-state index in [1.165, 1.54) is 26.0 Å². The fourth-order valence-electron chi connectivity index (χ4n) is 9.27. The van der Waals surface area contributed by atoms with Gasteiger partial charge < -0.3 is 15.0 Å². The standard InChI is InChI=1S/C44H43F2N11O5/c1-52-39-28(6-3-7-34(39)57(44(52)61)35-12-13-37(58)50-43(35)60)5-2-4-26-8-10-27(11-9-26)22-53-17-14-29(15-18-53)56-24-33(38(51-56)40(45)46)48-42(59)32-21-47-55-19-16-36(49-41(32)55)54-23-31-20-30(54)25-62-31/h3,6-11,16,19,21,24,29-31,35,40H,4,12-15,17-18,20,22-23,25H2,1H3,(H,48,59)(H,50,58,60)/t30-,31?,35?/m1/s1. The minimum Gasteiger partial charge on any atom is -0.374 e. The molecule has 3 atom stereocenters. The Morgan fingerprint density at radius 2 is 1.84 bits per heavy atom. The molecule has 4 saturated heterocycles. The molecule has 4 aromatic heterocycles. The summed E-state index contributed by atoms with van der Waals surface area (Å²) in [4.78, 5) is 60.3. The second-order valence-electron chi connectivity index (χ2n) is 16.4. The summed E-state index contributed by atoms with van der Waals surface area (Å²) in [6, 6.07) is 14.9. The summed E-state index contributed by atoms with van der Waals surface area (Å²) in [7, 11) is 1.66. The average molecular weight is 844 g/mol. The van der Waals surface area contributed by atoms with Crippen LogP contribution >= 0.6 is 0 Å². The summed E-state index contributed by atoms with van der Waals surface area (Å²) in [5, 5.41) is 13.5. The fourth-order valence-corrected chi connectivity index (χ4v) is 9.27. The van der Waals surface area contributed by atoms with E-state index in [0.717, 1.165) is 49.5 Å². The predicted molar refractivity (Wildman–Crippen MR) is 223 cm³/mol. The molecule has 318 valence electrons. The summed E-state index contributed by atoms with van der Waals surface area (Å²) < 4.78 is 40.3. The Labute approximate surface area is 353 Å². The number of benzene rings is 2. The molecule has 4 aliphatic rings. The van der Waals surface area contributed by atoms with Crippen molar-refractivity contribution in [1.82, 2.24) is 43.7 Å². The SMILES string of the molecule is Cn1c(=O)n(C2CCC(=O)NC2=O)c2cccc(C#CCc3ccc(CN4CCC(n5cc(NC(=O)c6cnn7ccc(N8CC9C[C@@H]8CO9)nc67)c(C(F)F)n5)CC4)cc3)c21. The molecule has 16 nitrogen and oxygen atoms in total. The summed E-state index contributed by atoms with van der Waals surface area (Å²) in [5.41, 5.74) is 3.73. The maximum absolute atomic E-state index is 14.3. The van der Waals surface area contributed by atoms with Crippen LogP contribution < -0.4 is 21.2 Å². The fraction of sp³-hybridized carbons (Fsp3) is 0.386. The van der Waals surface area contributed by atoms with Crippen molar-refractivity contribution in [3.05, 3.63) is 106 Å². The molecule has 4 aliphatic heterocycles. The largest absolute Gasteiger partial charge is 0.374 e. The maximum atomic E-state index is 14.3. The van der Waals surface area contributed by atoms with Gasteiger partial charge in [-0.2, -0.15) is 10.2 Å². The number of piperidine rings is 2. The van der Waals surface area contributed by atoms with Gasteiger partial charge in [0.05, 0.1) is 53.3 Å². The number of imidazole rings is 1. The van der Waals surface area contributed by atoms with E-state index in [1.54, 1.807) is 24.0 Å². The molecule has 2 N–H and O–H groups in total. The van der Waals surface area contributed by atoms with E-state index in [-0.39, 0.29) is 53.9 Å². The average Bonchev–Trinajstić information content (AvgIpc) is 4.12. The lowest BCUT2D eigenvalue weighted by Gasteiger charge is -2.32. The van der Waals surface area contributed by atoms with Crippen molar-refractivity contribution >= 4 is 45.9 Å². The lowest BCUT2D eigenvalue weighted by atomic mass is 10.0. The lowest BCUT2D eigenvalue weighted by Crippen LogP contribution is -2.44. The van der Waals surface area contributed by atoms with Gasteiger partial charge in [-0.3, -0.25) is 38.4 Å². The van der Waals surface area contributed by atoms with Crippen LogP contribution in [-0.4, -0.2) is 94.5 Å². The highest BCUT2D eigenvalue weighted by atomic mass is 19.3. The van der Waals surface area contributed by atoms with Crippen LogP contribution in [-0.2, 0) is 34.3 Å². The Hall–Kier alpha value is -6.71. The number of fused-ring (bicyclic) bond motifs is 4. The first-order valence-corrected chi connectivity index (χ1v) is 20.8. The number of likely N-dealkylation sites (tertiary alicyclic amines) is 1. The van der Waals surface area contributed by atoms with Crippen molar-refractivity contribution in [3.63, 3.8) is 0 Å². The molecule has 2 bridgehead atoms. The zero-order valence-corrected chi connectivity index (χ0v) is 33.8. The van der Waals surface area contributed by atoms with E-state index in [1.807, 2.05) is 30.3 Å². The van der Waals surface area contributed by atoms with E-state index in [9.17, 15) is 28.0 Å². The van der Waals surface area contributed by atoms with Crippen molar-refractivity contribution in [2.45, 2.75) is 75.7 Å². The van der Waals surface area contributed by atoms with Gasteiger partial charge >= 0.3 is 5.69 Å². The van der Waals surface area contributed by atoms with E-state index < -0.39 is 30.0 Å². The van der Waals surface area contributed by atoms with E-state index in [2.05, 4.69) is 54.6 Å². The maximum Gasteiger partial charge on any atom is 0.329 e. The van der Waals surface area contributed by atoms with Gasteiger partial charge in [-0.25, -0.2) is 23.1 Å². The van der Waals surface area contributed by atoms with E-state index >= 15 is 0 Å². The van der Waals surface area contributed by atoms with Crippen molar-refractivity contribution in [2.75, 3.05) is 36.5 Å². The summed E-state index contributed by atoms with van der Waals surface area (Å²) in [5.74, 6) is 5.77. The number of ether oxygens (including phenoxy) is 1. The number of aryl methyl sites for hydroxylation is 1. The van der Waals surface area contributed by atoms with Crippen molar-refractivity contribution in [2.24, 2.45) is 7.05 Å². The number of morpholine rings is 1. The first kappa shape index (κ1) is 39.4. The first-order chi connectivity index (χ1) is 30.1.